The molecule has 1 aromatic rings. The number of aromatic nitrogens is 1. The minimum Gasteiger partial charge on any atom is -0.309 e. The monoisotopic (exact) mass is 229 g/mol. The van der Waals surface area contributed by atoms with Crippen molar-refractivity contribution in [2.45, 2.75) is 13.0 Å². The minimum absolute atomic E-state index is 0.0532. The van der Waals surface area contributed by atoms with Gasteiger partial charge in [-0.3, -0.25) is 4.98 Å². The zero-order chi connectivity index (χ0) is 11.3. The molecule has 0 aliphatic rings. The van der Waals surface area contributed by atoms with Crippen molar-refractivity contribution in [3.8, 4) is 0 Å². The molecule has 0 fully saturated rings. The van der Waals surface area contributed by atoms with Crippen molar-refractivity contribution in [3.63, 3.8) is 0 Å². The highest BCUT2D eigenvalue weighted by Gasteiger charge is 2.06. The van der Waals surface area contributed by atoms with Gasteiger partial charge in [-0.05, 0) is 24.6 Å². The van der Waals surface area contributed by atoms with Crippen LogP contribution >= 0.6 is 0 Å². The second-order valence-corrected chi connectivity index (χ2v) is 5.06. The lowest BCUT2D eigenvalue weighted by Crippen LogP contribution is -2.28. The van der Waals surface area contributed by atoms with Gasteiger partial charge < -0.3 is 5.32 Å². The summed E-state index contributed by atoms with van der Waals surface area (Å²) in [5.41, 5.74) is 1.07. The third-order valence-electron chi connectivity index (χ3n) is 2.04. The third kappa shape index (κ3) is 4.87. The molecule has 1 heterocycles. The van der Waals surface area contributed by atoms with Crippen molar-refractivity contribution < 1.29 is 8.42 Å². The molecule has 0 bridgehead atoms. The highest BCUT2D eigenvalue weighted by atomic mass is 32.2. The number of hydrogen-bond donors (Lipinski definition) is 2. The first-order valence-corrected chi connectivity index (χ1v) is 6.34. The summed E-state index contributed by atoms with van der Waals surface area (Å²) in [5.74, 6) is -0.0532. The van der Waals surface area contributed by atoms with E-state index < -0.39 is 10.0 Å². The van der Waals surface area contributed by atoms with E-state index in [1.54, 1.807) is 12.4 Å². The lowest BCUT2D eigenvalue weighted by molar-refractivity contribution is 0.573. The Morgan fingerprint density at radius 2 is 2.07 bits per heavy atom. The molecule has 0 saturated carbocycles. The molecule has 0 aromatic carbocycles. The van der Waals surface area contributed by atoms with Gasteiger partial charge in [-0.2, -0.15) is 0 Å². The standard InChI is InChI=1S/C9H15N3O2S/c1-8(9-2-4-11-5-3-9)12-6-7-15(10,13)14/h2-5,8,12H,6-7H2,1H3,(H2,10,13,14). The molecular formula is C9H15N3O2S. The molecule has 0 saturated heterocycles. The highest BCUT2D eigenvalue weighted by molar-refractivity contribution is 7.89. The summed E-state index contributed by atoms with van der Waals surface area (Å²) in [6, 6.07) is 3.86. The quantitative estimate of drug-likeness (QED) is 0.745. The Kier molecular flexibility index (Phi) is 4.19. The number of nitrogens with zero attached hydrogens (tertiary/aromatic N) is 1. The van der Waals surface area contributed by atoms with Gasteiger partial charge in [0, 0.05) is 25.0 Å². The second-order valence-electron chi connectivity index (χ2n) is 3.32. The van der Waals surface area contributed by atoms with Crippen molar-refractivity contribution in [1.82, 2.24) is 10.3 Å². The van der Waals surface area contributed by atoms with E-state index in [0.717, 1.165) is 5.56 Å². The maximum atomic E-state index is 10.7. The molecule has 0 spiro atoms. The van der Waals surface area contributed by atoms with Crippen LogP contribution in [0.3, 0.4) is 0 Å². The van der Waals surface area contributed by atoms with Crippen LogP contribution in [0.15, 0.2) is 24.5 Å². The van der Waals surface area contributed by atoms with Crippen molar-refractivity contribution in [1.29, 1.82) is 0 Å². The molecule has 84 valence electrons. The molecule has 0 aliphatic carbocycles. The Labute approximate surface area is 89.8 Å². The summed E-state index contributed by atoms with van der Waals surface area (Å²) in [7, 11) is -3.38. The number of primary sulfonamides is 1. The molecule has 1 rings (SSSR count). The Morgan fingerprint density at radius 1 is 1.47 bits per heavy atom. The fourth-order valence-electron chi connectivity index (χ4n) is 1.19. The molecule has 5 nitrogen and oxygen atoms in total. The fraction of sp³-hybridized carbons (Fsp3) is 0.444. The normalized spacial score (nSPS) is 13.7. The van der Waals surface area contributed by atoms with Crippen molar-refractivity contribution in [3.05, 3.63) is 30.1 Å². The first kappa shape index (κ1) is 12.1. The second kappa shape index (κ2) is 5.20. The molecule has 3 N–H and O–H groups in total. The Hall–Kier alpha value is -0.980. The first-order chi connectivity index (χ1) is 6.99. The molecule has 15 heavy (non-hydrogen) atoms. The molecular weight excluding hydrogens is 214 g/mol. The highest BCUT2D eigenvalue weighted by Crippen LogP contribution is 2.09. The van der Waals surface area contributed by atoms with Gasteiger partial charge in [0.25, 0.3) is 0 Å². The van der Waals surface area contributed by atoms with Crippen LogP contribution in [0.1, 0.15) is 18.5 Å². The van der Waals surface area contributed by atoms with Gasteiger partial charge >= 0.3 is 0 Å². The summed E-state index contributed by atoms with van der Waals surface area (Å²) < 4.78 is 21.4. The van der Waals surface area contributed by atoms with E-state index >= 15 is 0 Å². The van der Waals surface area contributed by atoms with Gasteiger partial charge in [-0.1, -0.05) is 0 Å². The van der Waals surface area contributed by atoms with Crippen molar-refractivity contribution in [2.75, 3.05) is 12.3 Å². The van der Waals surface area contributed by atoms with Crippen molar-refractivity contribution in [2.24, 2.45) is 5.14 Å². The number of hydrogen-bond acceptors (Lipinski definition) is 4. The van der Waals surface area contributed by atoms with Gasteiger partial charge in [0.2, 0.25) is 10.0 Å². The van der Waals surface area contributed by atoms with Crippen LogP contribution < -0.4 is 10.5 Å². The maximum Gasteiger partial charge on any atom is 0.210 e. The Morgan fingerprint density at radius 3 is 2.60 bits per heavy atom. The lowest BCUT2D eigenvalue weighted by Gasteiger charge is -2.13. The smallest absolute Gasteiger partial charge is 0.210 e. The fourth-order valence-corrected chi connectivity index (χ4v) is 1.59. The van der Waals surface area contributed by atoms with Gasteiger partial charge in [-0.25, -0.2) is 13.6 Å². The minimum atomic E-state index is -3.38. The summed E-state index contributed by atoms with van der Waals surface area (Å²) in [4.78, 5) is 3.90. The summed E-state index contributed by atoms with van der Waals surface area (Å²) in [6.45, 7) is 2.31. The Balaban J connectivity index is 2.41. The van der Waals surface area contributed by atoms with Crippen LogP contribution in [0.2, 0.25) is 0 Å². The van der Waals surface area contributed by atoms with Crippen LogP contribution in [-0.2, 0) is 10.0 Å². The molecule has 1 aromatic heterocycles. The van der Waals surface area contributed by atoms with Gasteiger partial charge in [0.05, 0.1) is 5.75 Å². The Bertz CT molecular complexity index is 391. The number of sulfonamides is 1. The SMILES string of the molecule is CC(NCCS(N)(=O)=O)c1ccncc1. The van der Waals surface area contributed by atoms with Crippen LogP contribution in [0.25, 0.3) is 0 Å². The zero-order valence-electron chi connectivity index (χ0n) is 8.55. The summed E-state index contributed by atoms with van der Waals surface area (Å²) in [6.07, 6.45) is 3.40. The topological polar surface area (TPSA) is 85.1 Å². The summed E-state index contributed by atoms with van der Waals surface area (Å²) >= 11 is 0. The molecule has 1 unspecified atom stereocenters. The van der Waals surface area contributed by atoms with E-state index in [1.165, 1.54) is 0 Å². The lowest BCUT2D eigenvalue weighted by atomic mass is 10.1. The van der Waals surface area contributed by atoms with Crippen LogP contribution in [0.5, 0.6) is 0 Å². The van der Waals surface area contributed by atoms with E-state index in [0.29, 0.717) is 6.54 Å². The van der Waals surface area contributed by atoms with E-state index in [-0.39, 0.29) is 11.8 Å². The van der Waals surface area contributed by atoms with E-state index in [2.05, 4.69) is 10.3 Å². The van der Waals surface area contributed by atoms with Crippen LogP contribution in [0.4, 0.5) is 0 Å². The van der Waals surface area contributed by atoms with E-state index in [1.807, 2.05) is 19.1 Å². The molecule has 6 heteroatoms. The predicted octanol–water partition coefficient (Wildman–Crippen LogP) is 0.0207. The zero-order valence-corrected chi connectivity index (χ0v) is 9.37. The summed E-state index contributed by atoms with van der Waals surface area (Å²) in [5, 5.41) is 7.95. The average molecular weight is 229 g/mol. The number of nitrogens with one attached hydrogen (secondary N) is 1. The maximum absolute atomic E-state index is 10.7. The van der Waals surface area contributed by atoms with E-state index in [4.69, 9.17) is 5.14 Å². The third-order valence-corrected chi connectivity index (χ3v) is 2.82. The molecule has 0 aliphatic heterocycles. The van der Waals surface area contributed by atoms with Gasteiger partial charge in [-0.15, -0.1) is 0 Å². The van der Waals surface area contributed by atoms with Gasteiger partial charge in [0.1, 0.15) is 0 Å². The van der Waals surface area contributed by atoms with Crippen molar-refractivity contribution >= 4 is 10.0 Å². The largest absolute Gasteiger partial charge is 0.309 e. The average Bonchev–Trinajstić information content (AvgIpc) is 2.17. The van der Waals surface area contributed by atoms with Crippen LogP contribution in [0, 0.1) is 0 Å². The van der Waals surface area contributed by atoms with Gasteiger partial charge in [0.15, 0.2) is 0 Å². The predicted molar refractivity (Wildman–Crippen MR) is 58.6 cm³/mol. The number of nitrogens with two attached hydrogens (primary N) is 1. The first-order valence-electron chi connectivity index (χ1n) is 4.63. The molecule has 1 atom stereocenters. The molecule has 0 radical (unpaired) electrons. The number of rotatable bonds is 5. The molecule has 0 amide bonds. The van der Waals surface area contributed by atoms with E-state index in [9.17, 15) is 8.42 Å². The van der Waals surface area contributed by atoms with Crippen LogP contribution in [-0.4, -0.2) is 25.7 Å². The number of pyridine rings is 1.